The first kappa shape index (κ1) is 11.7. The first-order valence-electron chi connectivity index (χ1n) is 4.53. The zero-order valence-corrected chi connectivity index (χ0v) is 9.47. The number of nitrogens with one attached hydrogen (secondary N) is 1. The van der Waals surface area contributed by atoms with Gasteiger partial charge >= 0.3 is 0 Å². The van der Waals surface area contributed by atoms with Gasteiger partial charge < -0.3 is 0 Å². The Labute approximate surface area is 93.4 Å². The number of nitro groups is 1. The van der Waals surface area contributed by atoms with Crippen molar-refractivity contribution in [2.75, 3.05) is 0 Å². The van der Waals surface area contributed by atoms with Crippen LogP contribution >= 0.6 is 12.6 Å². The lowest BCUT2D eigenvalue weighted by atomic mass is 9.99. The van der Waals surface area contributed by atoms with Gasteiger partial charge in [-0.2, -0.15) is 0 Å². The van der Waals surface area contributed by atoms with Gasteiger partial charge in [-0.25, -0.2) is 0 Å². The van der Waals surface area contributed by atoms with Gasteiger partial charge in [0.2, 0.25) is 0 Å². The number of rotatable bonds is 3. The van der Waals surface area contributed by atoms with Gasteiger partial charge in [-0.3, -0.25) is 15.5 Å². The summed E-state index contributed by atoms with van der Waals surface area (Å²) in [6.45, 7) is 3.60. The highest BCUT2D eigenvalue weighted by atomic mass is 32.1. The van der Waals surface area contributed by atoms with Crippen molar-refractivity contribution in [1.82, 2.24) is 0 Å². The Morgan fingerprint density at radius 1 is 1.60 bits per heavy atom. The Hall–Kier alpha value is -1.36. The highest BCUT2D eigenvalue weighted by Gasteiger charge is 2.17. The quantitative estimate of drug-likeness (QED) is 0.272. The molecular weight excluding hydrogens is 212 g/mol. The second-order valence-electron chi connectivity index (χ2n) is 3.20. The third-order valence-corrected chi connectivity index (χ3v) is 2.56. The van der Waals surface area contributed by atoms with Gasteiger partial charge in [-0.1, -0.05) is 13.0 Å². The molecule has 0 aliphatic carbocycles. The molecule has 0 spiro atoms. The highest BCUT2D eigenvalue weighted by Crippen LogP contribution is 2.26. The van der Waals surface area contributed by atoms with Crippen molar-refractivity contribution in [2.45, 2.75) is 20.3 Å². The van der Waals surface area contributed by atoms with Crippen molar-refractivity contribution in [3.05, 3.63) is 38.9 Å². The van der Waals surface area contributed by atoms with Crippen LogP contribution in [0.2, 0.25) is 0 Å². The van der Waals surface area contributed by atoms with Crippen molar-refractivity contribution >= 4 is 23.4 Å². The fourth-order valence-electron chi connectivity index (χ4n) is 1.58. The Kier molecular flexibility index (Phi) is 3.47. The van der Waals surface area contributed by atoms with E-state index in [-0.39, 0.29) is 10.7 Å². The number of nitrogens with zero attached hydrogens (tertiary/aromatic N) is 1. The van der Waals surface area contributed by atoms with Crippen LogP contribution in [-0.2, 0) is 6.42 Å². The molecule has 0 amide bonds. The fourth-order valence-corrected chi connectivity index (χ4v) is 1.89. The van der Waals surface area contributed by atoms with Crippen LogP contribution in [-0.4, -0.2) is 9.97 Å². The van der Waals surface area contributed by atoms with Crippen LogP contribution < -0.4 is 0 Å². The lowest BCUT2D eigenvalue weighted by molar-refractivity contribution is -0.385. The molecule has 0 atom stereocenters. The van der Waals surface area contributed by atoms with Crippen LogP contribution in [0.25, 0.3) is 0 Å². The van der Waals surface area contributed by atoms with Crippen molar-refractivity contribution < 1.29 is 4.92 Å². The van der Waals surface area contributed by atoms with E-state index in [1.807, 2.05) is 6.92 Å². The van der Waals surface area contributed by atoms with E-state index in [1.54, 1.807) is 13.0 Å². The smallest absolute Gasteiger partial charge is 0.273 e. The first-order chi connectivity index (χ1) is 6.99. The summed E-state index contributed by atoms with van der Waals surface area (Å²) in [6.07, 6.45) is 0.733. The molecule has 1 N–H and O–H groups in total. The lowest BCUT2D eigenvalue weighted by Gasteiger charge is -2.09. The second kappa shape index (κ2) is 4.44. The third-order valence-electron chi connectivity index (χ3n) is 2.34. The Morgan fingerprint density at radius 2 is 2.20 bits per heavy atom. The molecule has 0 fully saturated rings. The molecule has 0 saturated heterocycles. The summed E-state index contributed by atoms with van der Waals surface area (Å²) in [5, 5.41) is 18.3. The van der Waals surface area contributed by atoms with Crippen molar-refractivity contribution in [1.29, 1.82) is 5.41 Å². The van der Waals surface area contributed by atoms with E-state index in [0.717, 1.165) is 12.0 Å². The molecule has 0 unspecified atom stereocenters. The summed E-state index contributed by atoms with van der Waals surface area (Å²) in [7, 11) is 0. The number of thiol groups is 1. The van der Waals surface area contributed by atoms with Crippen LogP contribution in [0, 0.1) is 22.4 Å². The summed E-state index contributed by atoms with van der Waals surface area (Å²) in [5.41, 5.74) is 2.05. The summed E-state index contributed by atoms with van der Waals surface area (Å²) < 4.78 is 0. The molecule has 0 radical (unpaired) electrons. The van der Waals surface area contributed by atoms with Gasteiger partial charge in [0.15, 0.2) is 0 Å². The van der Waals surface area contributed by atoms with Gasteiger partial charge in [0, 0.05) is 17.2 Å². The van der Waals surface area contributed by atoms with Crippen LogP contribution in [0.3, 0.4) is 0 Å². The number of hydrogen-bond donors (Lipinski definition) is 2. The minimum Gasteiger partial charge on any atom is -0.294 e. The Bertz CT molecular complexity index is 430. The largest absolute Gasteiger partial charge is 0.294 e. The minimum absolute atomic E-state index is 0.0426. The molecular formula is C10H12N2O2S. The zero-order valence-electron chi connectivity index (χ0n) is 8.57. The molecule has 4 nitrogen and oxygen atoms in total. The molecule has 0 aliphatic rings. The molecule has 0 aromatic heterocycles. The number of benzene rings is 1. The number of nitro benzene ring substituents is 1. The van der Waals surface area contributed by atoms with Gasteiger partial charge in [-0.05, 0) is 18.9 Å². The molecule has 0 aliphatic heterocycles. The number of aryl methyl sites for hydroxylation is 1. The molecule has 1 aromatic carbocycles. The monoisotopic (exact) mass is 224 g/mol. The Morgan fingerprint density at radius 3 is 2.60 bits per heavy atom. The van der Waals surface area contributed by atoms with Crippen molar-refractivity contribution in [3.8, 4) is 0 Å². The Balaban J connectivity index is 3.49. The molecule has 80 valence electrons. The van der Waals surface area contributed by atoms with Crippen LogP contribution in [0.15, 0.2) is 12.1 Å². The highest BCUT2D eigenvalue weighted by molar-refractivity contribution is 7.97. The van der Waals surface area contributed by atoms with Gasteiger partial charge in [0.1, 0.15) is 0 Å². The van der Waals surface area contributed by atoms with Crippen molar-refractivity contribution in [3.63, 3.8) is 0 Å². The second-order valence-corrected chi connectivity index (χ2v) is 3.65. The first-order valence-corrected chi connectivity index (χ1v) is 4.98. The average molecular weight is 224 g/mol. The molecule has 1 rings (SSSR count). The van der Waals surface area contributed by atoms with Crippen molar-refractivity contribution in [2.24, 2.45) is 0 Å². The topological polar surface area (TPSA) is 67.0 Å². The van der Waals surface area contributed by atoms with E-state index in [0.29, 0.717) is 11.1 Å². The summed E-state index contributed by atoms with van der Waals surface area (Å²) in [6, 6.07) is 3.17. The molecule has 15 heavy (non-hydrogen) atoms. The summed E-state index contributed by atoms with van der Waals surface area (Å²) in [4.78, 5) is 10.3. The van der Waals surface area contributed by atoms with E-state index in [2.05, 4.69) is 12.6 Å². The van der Waals surface area contributed by atoms with E-state index in [4.69, 9.17) is 5.41 Å². The average Bonchev–Trinajstić information content (AvgIpc) is 2.15. The summed E-state index contributed by atoms with van der Waals surface area (Å²) >= 11 is 3.96. The zero-order chi connectivity index (χ0) is 11.6. The minimum atomic E-state index is -0.436. The van der Waals surface area contributed by atoms with Crippen LogP contribution in [0.4, 0.5) is 5.69 Å². The summed E-state index contributed by atoms with van der Waals surface area (Å²) in [5.74, 6) is 0. The van der Waals surface area contributed by atoms with E-state index >= 15 is 0 Å². The van der Waals surface area contributed by atoms with Crippen LogP contribution in [0.5, 0.6) is 0 Å². The maximum Gasteiger partial charge on any atom is 0.273 e. The molecule has 5 heteroatoms. The van der Waals surface area contributed by atoms with E-state index < -0.39 is 4.92 Å². The van der Waals surface area contributed by atoms with Gasteiger partial charge in [0.05, 0.1) is 9.97 Å². The lowest BCUT2D eigenvalue weighted by Crippen LogP contribution is -2.03. The standard InChI is InChI=1S/C10H12N2O2S/c1-3-7-4-5-8(12(13)14)6(2)9(7)10(11)15/h4-5H,3H2,1-2H3,(H2,11,15). The maximum atomic E-state index is 10.7. The molecule has 0 heterocycles. The predicted octanol–water partition coefficient (Wildman–Crippen LogP) is 2.72. The van der Waals surface area contributed by atoms with Gasteiger partial charge in [0.25, 0.3) is 5.69 Å². The van der Waals surface area contributed by atoms with E-state index in [1.165, 1.54) is 6.07 Å². The maximum absolute atomic E-state index is 10.7. The molecule has 0 saturated carbocycles. The predicted molar refractivity (Wildman–Crippen MR) is 63.0 cm³/mol. The number of hydrogen-bond acceptors (Lipinski definition) is 3. The van der Waals surface area contributed by atoms with E-state index in [9.17, 15) is 10.1 Å². The van der Waals surface area contributed by atoms with Crippen LogP contribution in [0.1, 0.15) is 23.6 Å². The SMILES string of the molecule is CCc1ccc([N+](=O)[O-])c(C)c1C(=N)S. The fraction of sp³-hybridized carbons (Fsp3) is 0.300. The molecule has 0 bridgehead atoms. The molecule has 1 aromatic rings. The van der Waals surface area contributed by atoms with Gasteiger partial charge in [-0.15, -0.1) is 12.6 Å². The normalized spacial score (nSPS) is 10.1. The third kappa shape index (κ3) is 2.18.